The molecule has 2 aromatic carbocycles. The lowest BCUT2D eigenvalue weighted by Gasteiger charge is -2.10. The van der Waals surface area contributed by atoms with Gasteiger partial charge in [0.15, 0.2) is 11.5 Å². The Kier molecular flexibility index (Phi) is 7.44. The molecule has 9 heteroatoms. The first kappa shape index (κ1) is 25.2. The van der Waals surface area contributed by atoms with Crippen LogP contribution in [0.5, 0.6) is 11.5 Å². The minimum absolute atomic E-state index is 0.00358. The van der Waals surface area contributed by atoms with Gasteiger partial charge < -0.3 is 14.2 Å². The highest BCUT2D eigenvalue weighted by Crippen LogP contribution is 2.48. The minimum Gasteiger partial charge on any atom is -0.454 e. The van der Waals surface area contributed by atoms with Gasteiger partial charge in [-0.15, -0.1) is 0 Å². The van der Waals surface area contributed by atoms with Crippen molar-refractivity contribution in [2.45, 2.75) is 51.1 Å². The molecule has 0 spiro atoms. The fraction of sp³-hybridized carbons (Fsp3) is 0.385. The van der Waals surface area contributed by atoms with Gasteiger partial charge in [-0.2, -0.15) is 26.3 Å². The van der Waals surface area contributed by atoms with Gasteiger partial charge in [0.05, 0.1) is 17.7 Å². The SMILES string of the molecule is FC(F)(F)C1=C/C(=C\CCCCCCOCc2ccc(C(F)(F)F)cc2)c2cc3c(cc21)OCO3. The number of alkyl halides is 6. The maximum absolute atomic E-state index is 13.5. The van der Waals surface area contributed by atoms with E-state index < -0.39 is 23.5 Å². The third kappa shape index (κ3) is 6.20. The van der Waals surface area contributed by atoms with Gasteiger partial charge in [0.1, 0.15) is 0 Å². The molecular weight excluding hydrogens is 474 g/mol. The molecule has 0 saturated heterocycles. The van der Waals surface area contributed by atoms with Gasteiger partial charge in [-0.25, -0.2) is 0 Å². The summed E-state index contributed by atoms with van der Waals surface area (Å²) < 4.78 is 94.3. The maximum Gasteiger partial charge on any atom is 0.417 e. The van der Waals surface area contributed by atoms with Crippen molar-refractivity contribution in [3.8, 4) is 11.5 Å². The average Bonchev–Trinajstić information content (AvgIpc) is 3.40. The summed E-state index contributed by atoms with van der Waals surface area (Å²) in [6.45, 7) is 0.729. The third-order valence-electron chi connectivity index (χ3n) is 5.88. The Balaban J connectivity index is 1.20. The van der Waals surface area contributed by atoms with E-state index in [1.165, 1.54) is 24.3 Å². The molecular formula is C26H24F6O3. The average molecular weight is 498 g/mol. The van der Waals surface area contributed by atoms with Crippen LogP contribution in [-0.4, -0.2) is 19.6 Å². The summed E-state index contributed by atoms with van der Waals surface area (Å²) in [5.41, 5.74) is 0.452. The van der Waals surface area contributed by atoms with E-state index in [9.17, 15) is 26.3 Å². The quantitative estimate of drug-likeness (QED) is 0.259. The van der Waals surface area contributed by atoms with Crippen LogP contribution in [0.4, 0.5) is 26.3 Å². The summed E-state index contributed by atoms with van der Waals surface area (Å²) in [7, 11) is 0. The van der Waals surface area contributed by atoms with Gasteiger partial charge >= 0.3 is 12.4 Å². The number of halogens is 6. The van der Waals surface area contributed by atoms with E-state index in [0.717, 1.165) is 37.8 Å². The predicted molar refractivity (Wildman–Crippen MR) is 119 cm³/mol. The van der Waals surface area contributed by atoms with E-state index in [4.69, 9.17) is 14.2 Å². The van der Waals surface area contributed by atoms with Crippen molar-refractivity contribution < 1.29 is 40.6 Å². The number of rotatable bonds is 9. The molecule has 0 unspecified atom stereocenters. The molecule has 0 amide bonds. The highest BCUT2D eigenvalue weighted by molar-refractivity contribution is 5.98. The first-order chi connectivity index (χ1) is 16.6. The number of benzene rings is 2. The zero-order valence-electron chi connectivity index (χ0n) is 18.8. The number of hydrogen-bond donors (Lipinski definition) is 0. The van der Waals surface area contributed by atoms with Gasteiger partial charge in [0, 0.05) is 6.61 Å². The predicted octanol–water partition coefficient (Wildman–Crippen LogP) is 7.94. The van der Waals surface area contributed by atoms with Crippen molar-refractivity contribution in [2.75, 3.05) is 13.4 Å². The Morgan fingerprint density at radius 3 is 2.11 bits per heavy atom. The van der Waals surface area contributed by atoms with Crippen LogP contribution >= 0.6 is 0 Å². The summed E-state index contributed by atoms with van der Waals surface area (Å²) in [6.07, 6.45) is -1.80. The lowest BCUT2D eigenvalue weighted by Crippen LogP contribution is -2.09. The molecule has 35 heavy (non-hydrogen) atoms. The van der Waals surface area contributed by atoms with Gasteiger partial charge in [-0.1, -0.05) is 31.1 Å². The van der Waals surface area contributed by atoms with Gasteiger partial charge in [0.25, 0.3) is 0 Å². The van der Waals surface area contributed by atoms with Gasteiger partial charge in [-0.3, -0.25) is 0 Å². The zero-order valence-corrected chi connectivity index (χ0v) is 18.8. The molecule has 3 nitrogen and oxygen atoms in total. The lowest BCUT2D eigenvalue weighted by atomic mass is 10.0. The van der Waals surface area contributed by atoms with Crippen molar-refractivity contribution in [3.63, 3.8) is 0 Å². The van der Waals surface area contributed by atoms with Crippen molar-refractivity contribution in [2.24, 2.45) is 0 Å². The van der Waals surface area contributed by atoms with Gasteiger partial charge in [0.2, 0.25) is 6.79 Å². The molecule has 0 bridgehead atoms. The number of unbranched alkanes of at least 4 members (excludes halogenated alkanes) is 4. The molecule has 2 aliphatic rings. The fourth-order valence-electron chi connectivity index (χ4n) is 4.06. The van der Waals surface area contributed by atoms with Crippen LogP contribution in [0.2, 0.25) is 0 Å². The topological polar surface area (TPSA) is 27.7 Å². The Bertz CT molecular complexity index is 1100. The fourth-order valence-corrected chi connectivity index (χ4v) is 4.06. The van der Waals surface area contributed by atoms with Crippen molar-refractivity contribution in [1.29, 1.82) is 0 Å². The normalized spacial score (nSPS) is 16.1. The van der Waals surface area contributed by atoms with E-state index in [-0.39, 0.29) is 19.0 Å². The molecule has 0 fully saturated rings. The van der Waals surface area contributed by atoms with Crippen LogP contribution in [0.3, 0.4) is 0 Å². The summed E-state index contributed by atoms with van der Waals surface area (Å²) in [6, 6.07) is 7.89. The third-order valence-corrected chi connectivity index (χ3v) is 5.88. The molecule has 0 aromatic heterocycles. The molecule has 0 saturated carbocycles. The van der Waals surface area contributed by atoms with Crippen LogP contribution in [0.25, 0.3) is 11.1 Å². The summed E-state index contributed by atoms with van der Waals surface area (Å²) >= 11 is 0. The van der Waals surface area contributed by atoms with E-state index in [1.807, 2.05) is 6.08 Å². The highest BCUT2D eigenvalue weighted by Gasteiger charge is 2.40. The molecule has 0 atom stereocenters. The maximum atomic E-state index is 13.5. The molecule has 1 heterocycles. The van der Waals surface area contributed by atoms with Crippen molar-refractivity contribution in [3.05, 3.63) is 70.8 Å². The number of ether oxygens (including phenoxy) is 3. The first-order valence-electron chi connectivity index (χ1n) is 11.3. The molecule has 0 radical (unpaired) electrons. The summed E-state index contributed by atoms with van der Waals surface area (Å²) in [4.78, 5) is 0. The van der Waals surface area contributed by atoms with E-state index in [2.05, 4.69) is 0 Å². The van der Waals surface area contributed by atoms with Crippen molar-refractivity contribution in [1.82, 2.24) is 0 Å². The second-order valence-electron chi connectivity index (χ2n) is 8.42. The summed E-state index contributed by atoms with van der Waals surface area (Å²) in [5, 5.41) is 0. The molecule has 2 aromatic rings. The van der Waals surface area contributed by atoms with Crippen molar-refractivity contribution >= 4 is 11.1 Å². The van der Waals surface area contributed by atoms with E-state index in [0.29, 0.717) is 41.2 Å². The number of hydrogen-bond acceptors (Lipinski definition) is 3. The zero-order chi connectivity index (χ0) is 25.1. The largest absolute Gasteiger partial charge is 0.454 e. The smallest absolute Gasteiger partial charge is 0.417 e. The Morgan fingerprint density at radius 1 is 0.800 bits per heavy atom. The van der Waals surface area contributed by atoms with E-state index in [1.54, 1.807) is 6.07 Å². The molecule has 0 N–H and O–H groups in total. The second kappa shape index (κ2) is 10.4. The van der Waals surface area contributed by atoms with Gasteiger partial charge in [-0.05, 0) is 71.9 Å². The standard InChI is InChI=1S/C26H24F6O3/c27-25(28,29)19-9-7-17(8-10-19)15-33-11-5-3-1-2-4-6-18-12-22(26(30,31)32)21-14-24-23(13-20(18)21)34-16-35-24/h6-10,12-14H,1-5,11,15-16H2/b18-6+. The highest BCUT2D eigenvalue weighted by atomic mass is 19.4. The Labute approximate surface area is 199 Å². The first-order valence-corrected chi connectivity index (χ1v) is 11.3. The Hall–Kier alpha value is -2.94. The number of fused-ring (bicyclic) bond motifs is 2. The van der Waals surface area contributed by atoms with Crippen LogP contribution in [0.15, 0.2) is 48.6 Å². The van der Waals surface area contributed by atoms with Crippen LogP contribution in [0, 0.1) is 0 Å². The second-order valence-corrected chi connectivity index (χ2v) is 8.42. The lowest BCUT2D eigenvalue weighted by molar-refractivity contribution is -0.137. The Morgan fingerprint density at radius 2 is 1.46 bits per heavy atom. The molecule has 1 aliphatic heterocycles. The van der Waals surface area contributed by atoms with Crippen LogP contribution in [0.1, 0.15) is 54.4 Å². The van der Waals surface area contributed by atoms with E-state index >= 15 is 0 Å². The molecule has 4 rings (SSSR count). The molecule has 1 aliphatic carbocycles. The van der Waals surface area contributed by atoms with Crippen LogP contribution < -0.4 is 9.47 Å². The van der Waals surface area contributed by atoms with Crippen LogP contribution in [-0.2, 0) is 17.5 Å². The molecule has 188 valence electrons. The number of allylic oxidation sites excluding steroid dienone is 4. The summed E-state index contributed by atoms with van der Waals surface area (Å²) in [5.74, 6) is 0.767. The monoisotopic (exact) mass is 498 g/mol. The minimum atomic E-state index is -4.46.